The molecule has 0 aliphatic rings. The number of unbranched alkanes of at least 4 members (excludes halogenated alkanes) is 12. The van der Waals surface area contributed by atoms with E-state index < -0.39 is 24.3 Å². The molecule has 9 heteroatoms. The lowest BCUT2D eigenvalue weighted by atomic mass is 10.1. The van der Waals surface area contributed by atoms with Gasteiger partial charge in [-0.15, -0.1) is 0 Å². The van der Waals surface area contributed by atoms with Gasteiger partial charge in [0.05, 0.1) is 34.4 Å². The molecule has 75 heavy (non-hydrogen) atoms. The summed E-state index contributed by atoms with van der Waals surface area (Å²) in [7, 11) is 5.94. The highest BCUT2D eigenvalue weighted by Gasteiger charge is 2.25. The van der Waals surface area contributed by atoms with Crippen LogP contribution in [0.15, 0.2) is 146 Å². The second-order valence-corrected chi connectivity index (χ2v) is 19.9. The van der Waals surface area contributed by atoms with Crippen molar-refractivity contribution in [1.29, 1.82) is 0 Å². The number of allylic oxidation sites excluding steroid dienone is 24. The summed E-state index contributed by atoms with van der Waals surface area (Å²) in [6.45, 7) is 4.65. The molecule has 0 fully saturated rings. The maximum Gasteiger partial charge on any atom is 0.361 e. The van der Waals surface area contributed by atoms with Gasteiger partial charge in [0.2, 0.25) is 0 Å². The Kier molecular flexibility index (Phi) is 51.8. The van der Waals surface area contributed by atoms with Crippen LogP contribution >= 0.6 is 0 Å². The molecule has 0 saturated carbocycles. The summed E-state index contributed by atoms with van der Waals surface area (Å²) in [5.74, 6) is -2.07. The Morgan fingerprint density at radius 1 is 0.413 bits per heavy atom. The van der Waals surface area contributed by atoms with Gasteiger partial charge in [-0.1, -0.05) is 211 Å². The molecule has 0 aromatic rings. The number of aliphatic carboxylic acids is 1. The molecule has 2 unspecified atom stereocenters. The highest BCUT2D eigenvalue weighted by Crippen LogP contribution is 2.13. The average molecular weight is 1040 g/mol. The van der Waals surface area contributed by atoms with Gasteiger partial charge in [-0.2, -0.15) is 0 Å². The molecule has 0 aliphatic carbocycles. The zero-order chi connectivity index (χ0) is 54.8. The van der Waals surface area contributed by atoms with Crippen molar-refractivity contribution >= 4 is 17.9 Å². The first-order valence-corrected chi connectivity index (χ1v) is 29.0. The normalized spacial score (nSPS) is 13.9. The second kappa shape index (κ2) is 55.4. The Bertz CT molecular complexity index is 1730. The van der Waals surface area contributed by atoms with Crippen molar-refractivity contribution in [2.75, 3.05) is 47.5 Å². The van der Waals surface area contributed by atoms with Gasteiger partial charge in [0, 0.05) is 12.8 Å². The number of ether oxygens (including phenoxy) is 4. The van der Waals surface area contributed by atoms with Gasteiger partial charge in [-0.3, -0.25) is 9.59 Å². The standard InChI is InChI=1S/C66H105NO8/c1-6-8-10-12-14-16-18-19-20-21-22-23-24-25-26-27-28-29-30-31-32-33-34-35-36-37-38-39-40-41-42-43-44-45-47-49-51-53-55-57-64(69)75-62(61-74-66(65(70)71)72-59-58-67(3,4)5)60-73-63(68)56-54-52-50-48-46-17-15-13-11-9-7-2/h8,10,13-16,19-20,22-23,25-26,28-29,31-32,34-35,37-38,40-41,43-44,62,66H,6-7,9,11-12,17-18,21,24,27,30,33,36,39,42,45-61H2,1-5H3/p+1/b10-8-,15-13-,16-14-,20-19-,23-22-,26-25-,29-28-,32-31-,35-34-,38-37-,41-40-,44-43-. The van der Waals surface area contributed by atoms with Crippen LogP contribution in [0.4, 0.5) is 0 Å². The van der Waals surface area contributed by atoms with Crippen molar-refractivity contribution in [3.8, 4) is 0 Å². The fourth-order valence-electron chi connectivity index (χ4n) is 7.11. The lowest BCUT2D eigenvalue weighted by Crippen LogP contribution is -2.40. The third kappa shape index (κ3) is 56.7. The first-order chi connectivity index (χ1) is 36.6. The van der Waals surface area contributed by atoms with Crippen molar-refractivity contribution in [3.05, 3.63) is 146 Å². The maximum absolute atomic E-state index is 12.8. The molecule has 0 radical (unpaired) electrons. The molecule has 0 amide bonds. The highest BCUT2D eigenvalue weighted by molar-refractivity contribution is 5.71. The summed E-state index contributed by atoms with van der Waals surface area (Å²) < 4.78 is 22.7. The number of carbonyl (C=O) groups excluding carboxylic acids is 2. The molecular formula is C66H106NO8+. The van der Waals surface area contributed by atoms with Crippen molar-refractivity contribution in [2.24, 2.45) is 0 Å². The lowest BCUT2D eigenvalue weighted by Gasteiger charge is -2.25. The van der Waals surface area contributed by atoms with E-state index in [2.05, 4.69) is 160 Å². The van der Waals surface area contributed by atoms with Crippen molar-refractivity contribution in [1.82, 2.24) is 0 Å². The number of carboxylic acids is 1. The Morgan fingerprint density at radius 3 is 1.15 bits per heavy atom. The van der Waals surface area contributed by atoms with E-state index in [1.54, 1.807) is 0 Å². The lowest BCUT2D eigenvalue weighted by molar-refractivity contribution is -0.870. The van der Waals surface area contributed by atoms with Crippen LogP contribution in [0.2, 0.25) is 0 Å². The van der Waals surface area contributed by atoms with E-state index in [-0.39, 0.29) is 38.6 Å². The third-order valence-electron chi connectivity index (χ3n) is 11.6. The Hall–Kier alpha value is -4.83. The zero-order valence-corrected chi connectivity index (χ0v) is 47.9. The molecule has 0 saturated heterocycles. The number of nitrogens with zero attached hydrogens (tertiary/aromatic N) is 1. The van der Waals surface area contributed by atoms with Crippen molar-refractivity contribution in [3.63, 3.8) is 0 Å². The fraction of sp³-hybridized carbons (Fsp3) is 0.591. The topological polar surface area (TPSA) is 108 Å². The predicted molar refractivity (Wildman–Crippen MR) is 317 cm³/mol. The van der Waals surface area contributed by atoms with E-state index in [0.717, 1.165) is 148 Å². The van der Waals surface area contributed by atoms with Crippen LogP contribution in [0.1, 0.15) is 194 Å². The highest BCUT2D eigenvalue weighted by atomic mass is 16.7. The average Bonchev–Trinajstić information content (AvgIpc) is 3.38. The van der Waals surface area contributed by atoms with E-state index >= 15 is 0 Å². The SMILES string of the molecule is CC/C=C\C/C=C\C/C=C\C/C=C\C/C=C\C/C=C\C/C=C\C/C=C\C/C=C\C/C=C\C/C=C\CCCCCCCC(=O)OC(COC(=O)CCCCCCC/C=C\CCCC)COC(OCC[N+](C)(C)C)C(=O)O. The van der Waals surface area contributed by atoms with Gasteiger partial charge in [0.25, 0.3) is 6.29 Å². The summed E-state index contributed by atoms with van der Waals surface area (Å²) in [6.07, 6.45) is 78.0. The Labute approximate surface area is 458 Å². The molecule has 9 nitrogen and oxygen atoms in total. The smallest absolute Gasteiger partial charge is 0.361 e. The van der Waals surface area contributed by atoms with Gasteiger partial charge in [-0.25, -0.2) is 4.79 Å². The number of hydrogen-bond donors (Lipinski definition) is 1. The van der Waals surface area contributed by atoms with E-state index in [9.17, 15) is 19.5 Å². The molecule has 0 heterocycles. The fourth-order valence-corrected chi connectivity index (χ4v) is 7.11. The molecule has 0 spiro atoms. The molecular weight excluding hydrogens is 935 g/mol. The quantitative estimate of drug-likeness (QED) is 0.0211. The van der Waals surface area contributed by atoms with Gasteiger partial charge < -0.3 is 28.5 Å². The van der Waals surface area contributed by atoms with Crippen molar-refractivity contribution < 1.29 is 42.9 Å². The third-order valence-corrected chi connectivity index (χ3v) is 11.6. The Morgan fingerprint density at radius 2 is 0.760 bits per heavy atom. The van der Waals surface area contributed by atoms with E-state index in [4.69, 9.17) is 18.9 Å². The molecule has 0 rings (SSSR count). The molecule has 0 aromatic heterocycles. The first-order valence-electron chi connectivity index (χ1n) is 29.0. The summed E-state index contributed by atoms with van der Waals surface area (Å²) in [6, 6.07) is 0. The van der Waals surface area contributed by atoms with Gasteiger partial charge in [-0.05, 0) is 116 Å². The van der Waals surface area contributed by atoms with Crippen LogP contribution in [0, 0.1) is 0 Å². The minimum absolute atomic E-state index is 0.175. The number of likely N-dealkylation sites (N-methyl/N-ethyl adjacent to an activating group) is 1. The largest absolute Gasteiger partial charge is 0.477 e. The van der Waals surface area contributed by atoms with Gasteiger partial charge >= 0.3 is 17.9 Å². The van der Waals surface area contributed by atoms with E-state index in [1.165, 1.54) is 12.8 Å². The van der Waals surface area contributed by atoms with Crippen LogP contribution < -0.4 is 0 Å². The minimum atomic E-state index is -1.53. The van der Waals surface area contributed by atoms with Gasteiger partial charge in [0.15, 0.2) is 6.10 Å². The monoisotopic (exact) mass is 1040 g/mol. The van der Waals surface area contributed by atoms with Gasteiger partial charge in [0.1, 0.15) is 13.2 Å². The number of rotatable bonds is 51. The number of hydrogen-bond acceptors (Lipinski definition) is 7. The zero-order valence-electron chi connectivity index (χ0n) is 47.9. The van der Waals surface area contributed by atoms with E-state index in [1.807, 2.05) is 21.1 Å². The number of esters is 2. The summed E-state index contributed by atoms with van der Waals surface area (Å²) >= 11 is 0. The molecule has 0 aliphatic heterocycles. The van der Waals surface area contributed by atoms with Crippen LogP contribution in [-0.4, -0.2) is 87.4 Å². The maximum atomic E-state index is 12.8. The van der Waals surface area contributed by atoms with Crippen LogP contribution in [0.25, 0.3) is 0 Å². The molecule has 422 valence electrons. The number of carboxylic acid groups (broad SMARTS) is 1. The second-order valence-electron chi connectivity index (χ2n) is 19.9. The molecule has 0 aromatic carbocycles. The van der Waals surface area contributed by atoms with Crippen molar-refractivity contribution in [2.45, 2.75) is 206 Å². The first kappa shape index (κ1) is 70.2. The van der Waals surface area contributed by atoms with E-state index in [0.29, 0.717) is 17.4 Å². The number of carbonyl (C=O) groups is 3. The minimum Gasteiger partial charge on any atom is -0.477 e. The molecule has 1 N–H and O–H groups in total. The molecule has 2 atom stereocenters. The summed E-state index contributed by atoms with van der Waals surface area (Å²) in [5, 5.41) is 9.67. The molecule has 0 bridgehead atoms. The van der Waals surface area contributed by atoms with Crippen LogP contribution in [-0.2, 0) is 33.3 Å². The number of quaternary nitrogens is 1. The Balaban J connectivity index is 4.22. The predicted octanol–water partition coefficient (Wildman–Crippen LogP) is 17.2. The van der Waals surface area contributed by atoms with Crippen LogP contribution in [0.3, 0.4) is 0 Å². The summed E-state index contributed by atoms with van der Waals surface area (Å²) in [5.41, 5.74) is 0. The summed E-state index contributed by atoms with van der Waals surface area (Å²) in [4.78, 5) is 37.2. The van der Waals surface area contributed by atoms with Crippen LogP contribution in [0.5, 0.6) is 0 Å².